The largest absolute Gasteiger partial charge is 0.350 e. The summed E-state index contributed by atoms with van der Waals surface area (Å²) >= 11 is 0. The number of amides is 2. The summed E-state index contributed by atoms with van der Waals surface area (Å²) in [6.07, 6.45) is 2.49. The molecule has 8 heteroatoms. The summed E-state index contributed by atoms with van der Waals surface area (Å²) in [4.78, 5) is 27.9. The van der Waals surface area contributed by atoms with Crippen molar-refractivity contribution < 1.29 is 18.0 Å². The fraction of sp³-hybridized carbons (Fsp3) is 0.500. The third kappa shape index (κ3) is 8.66. The number of rotatable bonds is 11. The van der Waals surface area contributed by atoms with Crippen molar-refractivity contribution in [3.05, 3.63) is 65.2 Å². The Kier molecular flexibility index (Phi) is 10.1. The quantitative estimate of drug-likeness (QED) is 0.479. The van der Waals surface area contributed by atoms with Gasteiger partial charge in [-0.3, -0.25) is 13.9 Å². The molecule has 0 fully saturated rings. The lowest BCUT2D eigenvalue weighted by atomic mass is 10.1. The zero-order chi connectivity index (χ0) is 27.1. The summed E-state index contributed by atoms with van der Waals surface area (Å²) in [5, 5.41) is 2.96. The molecule has 36 heavy (non-hydrogen) atoms. The Morgan fingerprint density at radius 1 is 1.03 bits per heavy atom. The monoisotopic (exact) mass is 515 g/mol. The molecular formula is C28H41N3O4S. The molecule has 2 rings (SSSR count). The summed E-state index contributed by atoms with van der Waals surface area (Å²) < 4.78 is 26.3. The Morgan fingerprint density at radius 3 is 2.17 bits per heavy atom. The highest BCUT2D eigenvalue weighted by atomic mass is 32.2. The first kappa shape index (κ1) is 29.4. The molecule has 0 heterocycles. The number of anilines is 1. The van der Waals surface area contributed by atoms with Crippen LogP contribution in [-0.4, -0.2) is 49.5 Å². The van der Waals surface area contributed by atoms with E-state index in [2.05, 4.69) is 5.32 Å². The van der Waals surface area contributed by atoms with Crippen LogP contribution in [0, 0.1) is 6.92 Å². The third-order valence-corrected chi connectivity index (χ3v) is 7.25. The van der Waals surface area contributed by atoms with Crippen LogP contribution in [0.5, 0.6) is 0 Å². The van der Waals surface area contributed by atoms with Crippen molar-refractivity contribution in [3.63, 3.8) is 0 Å². The van der Waals surface area contributed by atoms with E-state index in [0.717, 1.165) is 23.1 Å². The van der Waals surface area contributed by atoms with Crippen molar-refractivity contribution in [3.8, 4) is 0 Å². The minimum absolute atomic E-state index is 0.123. The normalized spacial score (nSPS) is 12.6. The molecule has 0 aromatic heterocycles. The SMILES string of the molecule is CCc1ccc(N(CCCC(=O)N(Cc2ccccc2C)C(C)C(=O)NC(C)(C)C)S(C)(=O)=O)cc1. The van der Waals surface area contributed by atoms with Crippen molar-refractivity contribution in [2.45, 2.75) is 78.9 Å². The Balaban J connectivity index is 2.19. The number of hydrogen-bond donors (Lipinski definition) is 1. The van der Waals surface area contributed by atoms with E-state index in [1.54, 1.807) is 24.0 Å². The van der Waals surface area contributed by atoms with Crippen LogP contribution in [0.15, 0.2) is 48.5 Å². The van der Waals surface area contributed by atoms with Gasteiger partial charge in [0.25, 0.3) is 0 Å². The van der Waals surface area contributed by atoms with Gasteiger partial charge in [0.15, 0.2) is 0 Å². The predicted octanol–water partition coefficient (Wildman–Crippen LogP) is 4.44. The number of benzene rings is 2. The maximum absolute atomic E-state index is 13.4. The van der Waals surface area contributed by atoms with Crippen LogP contribution in [-0.2, 0) is 32.6 Å². The topological polar surface area (TPSA) is 86.8 Å². The number of nitrogens with one attached hydrogen (secondary N) is 1. The molecule has 0 bridgehead atoms. The second kappa shape index (κ2) is 12.4. The molecule has 1 N–H and O–H groups in total. The summed E-state index contributed by atoms with van der Waals surface area (Å²) in [7, 11) is -3.52. The van der Waals surface area contributed by atoms with Crippen LogP contribution in [0.2, 0.25) is 0 Å². The van der Waals surface area contributed by atoms with Crippen LogP contribution < -0.4 is 9.62 Å². The van der Waals surface area contributed by atoms with Gasteiger partial charge >= 0.3 is 0 Å². The molecule has 1 unspecified atom stereocenters. The van der Waals surface area contributed by atoms with Crippen LogP contribution in [0.4, 0.5) is 5.69 Å². The van der Waals surface area contributed by atoms with E-state index in [0.29, 0.717) is 18.7 Å². The van der Waals surface area contributed by atoms with Crippen LogP contribution >= 0.6 is 0 Å². The van der Waals surface area contributed by atoms with E-state index in [1.165, 1.54) is 10.6 Å². The fourth-order valence-electron chi connectivity index (χ4n) is 3.93. The predicted molar refractivity (Wildman–Crippen MR) is 146 cm³/mol. The van der Waals surface area contributed by atoms with Crippen molar-refractivity contribution >= 4 is 27.5 Å². The van der Waals surface area contributed by atoms with Crippen molar-refractivity contribution in [2.24, 2.45) is 0 Å². The highest BCUT2D eigenvalue weighted by molar-refractivity contribution is 7.92. The highest BCUT2D eigenvalue weighted by Gasteiger charge is 2.29. The Hall–Kier alpha value is -2.87. The molecule has 0 aliphatic rings. The molecule has 0 aliphatic heterocycles. The third-order valence-electron chi connectivity index (χ3n) is 6.05. The van der Waals surface area contributed by atoms with E-state index in [4.69, 9.17) is 0 Å². The van der Waals surface area contributed by atoms with Gasteiger partial charge in [-0.1, -0.05) is 43.3 Å². The molecule has 1 atom stereocenters. The standard InChI is InChI=1S/C28H41N3O4S/c1-8-23-15-17-25(18-16-23)31(36(7,34)35)19-11-14-26(32)30(20-24-13-10-9-12-21(24)2)22(3)27(33)29-28(4,5)6/h9-10,12-13,15-18,22H,8,11,14,19-20H2,1-7H3,(H,29,33). The molecule has 2 aromatic rings. The number of sulfonamides is 1. The van der Waals surface area contributed by atoms with Crippen LogP contribution in [0.25, 0.3) is 0 Å². The molecule has 7 nitrogen and oxygen atoms in total. The van der Waals surface area contributed by atoms with Gasteiger partial charge in [-0.25, -0.2) is 8.42 Å². The number of nitrogens with zero attached hydrogens (tertiary/aromatic N) is 2. The molecular weight excluding hydrogens is 474 g/mol. The molecule has 0 radical (unpaired) electrons. The van der Waals surface area contributed by atoms with Crippen LogP contribution in [0.3, 0.4) is 0 Å². The maximum Gasteiger partial charge on any atom is 0.242 e. The number of carbonyl (C=O) groups excluding carboxylic acids is 2. The van der Waals surface area contributed by atoms with Gasteiger partial charge < -0.3 is 10.2 Å². The Bertz CT molecular complexity index is 1140. The van der Waals surface area contributed by atoms with Gasteiger partial charge in [0.2, 0.25) is 21.8 Å². The lowest BCUT2D eigenvalue weighted by Gasteiger charge is -2.32. The number of hydrogen-bond acceptors (Lipinski definition) is 4. The first-order chi connectivity index (χ1) is 16.7. The van der Waals surface area contributed by atoms with Crippen molar-refractivity contribution in [1.29, 1.82) is 0 Å². The molecule has 0 aliphatic carbocycles. The second-order valence-electron chi connectivity index (χ2n) is 10.3. The molecule has 198 valence electrons. The molecule has 0 spiro atoms. The summed E-state index contributed by atoms with van der Waals surface area (Å²) in [5.74, 6) is -0.414. The number of aryl methyl sites for hydroxylation is 2. The molecule has 0 saturated heterocycles. The van der Waals surface area contributed by atoms with Gasteiger partial charge in [0.05, 0.1) is 11.9 Å². The summed E-state index contributed by atoms with van der Waals surface area (Å²) in [6, 6.07) is 14.5. The van der Waals surface area contributed by atoms with E-state index >= 15 is 0 Å². The molecule has 0 saturated carbocycles. The zero-order valence-electron chi connectivity index (χ0n) is 22.7. The van der Waals surface area contributed by atoms with E-state index < -0.39 is 21.6 Å². The van der Waals surface area contributed by atoms with Gasteiger partial charge in [0.1, 0.15) is 6.04 Å². The minimum atomic E-state index is -3.52. The average molecular weight is 516 g/mol. The molecule has 2 amide bonds. The van der Waals surface area contributed by atoms with Crippen molar-refractivity contribution in [2.75, 3.05) is 17.1 Å². The van der Waals surface area contributed by atoms with E-state index in [1.807, 2.05) is 71.0 Å². The summed E-state index contributed by atoms with van der Waals surface area (Å²) in [6.45, 7) is 11.9. The van der Waals surface area contributed by atoms with Crippen LogP contribution in [0.1, 0.15) is 64.2 Å². The van der Waals surface area contributed by atoms with Gasteiger partial charge in [-0.05, 0) is 76.3 Å². The first-order valence-electron chi connectivity index (χ1n) is 12.5. The second-order valence-corrected chi connectivity index (χ2v) is 12.2. The average Bonchev–Trinajstić information content (AvgIpc) is 2.79. The zero-order valence-corrected chi connectivity index (χ0v) is 23.5. The first-order valence-corrected chi connectivity index (χ1v) is 14.3. The van der Waals surface area contributed by atoms with E-state index in [9.17, 15) is 18.0 Å². The van der Waals surface area contributed by atoms with Crippen molar-refractivity contribution in [1.82, 2.24) is 10.2 Å². The van der Waals surface area contributed by atoms with Gasteiger partial charge in [0, 0.05) is 25.0 Å². The number of carbonyl (C=O) groups is 2. The molecule has 2 aromatic carbocycles. The smallest absolute Gasteiger partial charge is 0.242 e. The lowest BCUT2D eigenvalue weighted by molar-refractivity contribution is -0.141. The van der Waals surface area contributed by atoms with E-state index in [-0.39, 0.29) is 24.8 Å². The summed E-state index contributed by atoms with van der Waals surface area (Å²) in [5.41, 5.74) is 3.28. The fourth-order valence-corrected chi connectivity index (χ4v) is 4.89. The van der Waals surface area contributed by atoms with Gasteiger partial charge in [-0.2, -0.15) is 0 Å². The highest BCUT2D eigenvalue weighted by Crippen LogP contribution is 2.21. The van der Waals surface area contributed by atoms with Gasteiger partial charge in [-0.15, -0.1) is 0 Å². The lowest BCUT2D eigenvalue weighted by Crippen LogP contribution is -2.52. The Labute approximate surface area is 216 Å². The minimum Gasteiger partial charge on any atom is -0.350 e. The Morgan fingerprint density at radius 2 is 1.64 bits per heavy atom. The maximum atomic E-state index is 13.4.